The lowest BCUT2D eigenvalue weighted by Crippen LogP contribution is -2.38. The van der Waals surface area contributed by atoms with E-state index in [4.69, 9.17) is 14.2 Å². The van der Waals surface area contributed by atoms with Gasteiger partial charge in [0, 0.05) is 13.6 Å². The molecule has 30 heavy (non-hydrogen) atoms. The molecule has 0 amide bonds. The molecule has 1 fully saturated rings. The fraction of sp³-hybridized carbons (Fsp3) is 0.435. The summed E-state index contributed by atoms with van der Waals surface area (Å²) in [6.07, 6.45) is 2.35. The minimum Gasteiger partial charge on any atom is -0.493 e. The Morgan fingerprint density at radius 1 is 1.10 bits per heavy atom. The van der Waals surface area contributed by atoms with Gasteiger partial charge >= 0.3 is 0 Å². The van der Waals surface area contributed by atoms with E-state index in [9.17, 15) is 4.39 Å². The van der Waals surface area contributed by atoms with Crippen molar-refractivity contribution in [2.24, 2.45) is 10.9 Å². The van der Waals surface area contributed by atoms with Crippen molar-refractivity contribution in [3.8, 4) is 17.2 Å². The van der Waals surface area contributed by atoms with E-state index in [-0.39, 0.29) is 11.9 Å². The molecule has 1 aliphatic rings. The average molecular weight is 416 g/mol. The van der Waals surface area contributed by atoms with Crippen LogP contribution in [0.15, 0.2) is 41.4 Å². The van der Waals surface area contributed by atoms with Gasteiger partial charge in [0.25, 0.3) is 0 Å². The predicted octanol–water partition coefficient (Wildman–Crippen LogP) is 4.06. The second-order valence-corrected chi connectivity index (χ2v) is 7.43. The maximum absolute atomic E-state index is 14.4. The molecular formula is C23H30FN3O3. The van der Waals surface area contributed by atoms with Crippen LogP contribution in [0.2, 0.25) is 0 Å². The highest BCUT2D eigenvalue weighted by molar-refractivity contribution is 5.80. The zero-order chi connectivity index (χ0) is 21.5. The molecular weight excluding hydrogens is 385 g/mol. The topological polar surface area (TPSA) is 64.1 Å². The predicted molar refractivity (Wildman–Crippen MR) is 116 cm³/mol. The van der Waals surface area contributed by atoms with Crippen LogP contribution in [-0.2, 0) is 6.54 Å². The zero-order valence-electron chi connectivity index (χ0n) is 18.0. The monoisotopic (exact) mass is 415 g/mol. The van der Waals surface area contributed by atoms with E-state index >= 15 is 0 Å². The van der Waals surface area contributed by atoms with Crippen molar-refractivity contribution in [3.63, 3.8) is 0 Å². The second-order valence-electron chi connectivity index (χ2n) is 7.43. The summed E-state index contributed by atoms with van der Waals surface area (Å²) in [6, 6.07) is 10.7. The highest BCUT2D eigenvalue weighted by Crippen LogP contribution is 2.31. The lowest BCUT2D eigenvalue weighted by Gasteiger charge is -2.19. The third-order valence-corrected chi connectivity index (χ3v) is 5.11. The van der Waals surface area contributed by atoms with Crippen LogP contribution in [0.1, 0.15) is 36.9 Å². The van der Waals surface area contributed by atoms with Gasteiger partial charge in [-0.2, -0.15) is 0 Å². The van der Waals surface area contributed by atoms with Gasteiger partial charge in [-0.25, -0.2) is 4.39 Å². The maximum Gasteiger partial charge on any atom is 0.191 e. The Morgan fingerprint density at radius 3 is 2.47 bits per heavy atom. The number of nitrogens with zero attached hydrogens (tertiary/aromatic N) is 1. The van der Waals surface area contributed by atoms with Gasteiger partial charge in [-0.15, -0.1) is 0 Å². The molecule has 2 aromatic rings. The Labute approximate surface area is 177 Å². The van der Waals surface area contributed by atoms with Gasteiger partial charge in [0.1, 0.15) is 0 Å². The van der Waals surface area contributed by atoms with Crippen LogP contribution >= 0.6 is 0 Å². The Morgan fingerprint density at radius 2 is 1.83 bits per heavy atom. The van der Waals surface area contributed by atoms with Gasteiger partial charge in [0.05, 0.1) is 26.9 Å². The van der Waals surface area contributed by atoms with Crippen LogP contribution in [0.25, 0.3) is 0 Å². The lowest BCUT2D eigenvalue weighted by atomic mass is 10.1. The van der Waals surface area contributed by atoms with Gasteiger partial charge in [-0.05, 0) is 61.1 Å². The van der Waals surface area contributed by atoms with Gasteiger partial charge in [0.2, 0.25) is 0 Å². The molecule has 0 spiro atoms. The highest BCUT2D eigenvalue weighted by atomic mass is 19.1. The number of rotatable bonds is 9. The molecule has 1 aliphatic carbocycles. The number of benzene rings is 2. The van der Waals surface area contributed by atoms with Crippen LogP contribution in [0.5, 0.6) is 17.2 Å². The molecule has 2 N–H and O–H groups in total. The van der Waals surface area contributed by atoms with Gasteiger partial charge in [0.15, 0.2) is 29.0 Å². The molecule has 3 rings (SSSR count). The number of hydrogen-bond donors (Lipinski definition) is 2. The van der Waals surface area contributed by atoms with E-state index in [1.165, 1.54) is 18.9 Å². The smallest absolute Gasteiger partial charge is 0.191 e. The van der Waals surface area contributed by atoms with E-state index in [1.807, 2.05) is 31.2 Å². The summed E-state index contributed by atoms with van der Waals surface area (Å²) in [5, 5.41) is 6.55. The van der Waals surface area contributed by atoms with Crippen molar-refractivity contribution >= 4 is 5.96 Å². The summed E-state index contributed by atoms with van der Waals surface area (Å²) in [7, 11) is 4.92. The lowest BCUT2D eigenvalue weighted by molar-refractivity contribution is 0.285. The minimum absolute atomic E-state index is 0.131. The fourth-order valence-corrected chi connectivity index (χ4v) is 3.06. The molecule has 0 bridgehead atoms. The second kappa shape index (κ2) is 10.2. The average Bonchev–Trinajstić information content (AvgIpc) is 3.59. The number of halogens is 1. The van der Waals surface area contributed by atoms with Crippen molar-refractivity contribution in [2.45, 2.75) is 32.4 Å². The van der Waals surface area contributed by atoms with E-state index in [0.29, 0.717) is 42.3 Å². The maximum atomic E-state index is 14.4. The van der Waals surface area contributed by atoms with E-state index < -0.39 is 0 Å². The molecule has 6 nitrogen and oxygen atoms in total. The molecule has 1 unspecified atom stereocenters. The summed E-state index contributed by atoms with van der Waals surface area (Å²) >= 11 is 0. The van der Waals surface area contributed by atoms with E-state index in [2.05, 4.69) is 15.6 Å². The van der Waals surface area contributed by atoms with Crippen molar-refractivity contribution < 1.29 is 18.6 Å². The van der Waals surface area contributed by atoms with Crippen molar-refractivity contribution in [1.29, 1.82) is 0 Å². The summed E-state index contributed by atoms with van der Waals surface area (Å²) in [4.78, 5) is 4.26. The normalized spacial score (nSPS) is 14.8. The van der Waals surface area contributed by atoms with Gasteiger partial charge in [-0.3, -0.25) is 4.99 Å². The Bertz CT molecular complexity index is 884. The van der Waals surface area contributed by atoms with Crippen molar-refractivity contribution in [2.75, 3.05) is 27.9 Å². The van der Waals surface area contributed by atoms with E-state index in [1.54, 1.807) is 27.3 Å². The molecule has 1 atom stereocenters. The third kappa shape index (κ3) is 5.78. The molecule has 2 aromatic carbocycles. The molecule has 0 aliphatic heterocycles. The quantitative estimate of drug-likeness (QED) is 0.478. The molecule has 0 aromatic heterocycles. The van der Waals surface area contributed by atoms with Crippen LogP contribution in [0.3, 0.4) is 0 Å². The zero-order valence-corrected chi connectivity index (χ0v) is 18.0. The first kappa shape index (κ1) is 21.7. The molecule has 7 heteroatoms. The number of methoxy groups -OCH3 is 2. The Hall–Kier alpha value is -2.96. The Balaban J connectivity index is 1.56. The highest BCUT2D eigenvalue weighted by Gasteiger charge is 2.22. The van der Waals surface area contributed by atoms with Crippen LogP contribution in [0.4, 0.5) is 4.39 Å². The number of ether oxygens (including phenoxy) is 3. The first-order valence-corrected chi connectivity index (χ1v) is 10.1. The first-order chi connectivity index (χ1) is 14.5. The van der Waals surface area contributed by atoms with Crippen LogP contribution < -0.4 is 24.8 Å². The number of hydrogen-bond acceptors (Lipinski definition) is 4. The van der Waals surface area contributed by atoms with Gasteiger partial charge in [-0.1, -0.05) is 12.1 Å². The third-order valence-electron chi connectivity index (χ3n) is 5.11. The standard InChI is InChI=1S/C23H30FN3O3/c1-15(18-8-10-20(19(24)12-18)30-14-16-5-6-16)27-23(25-2)26-13-17-7-9-21(28-3)22(11-17)29-4/h7-12,15-16H,5-6,13-14H2,1-4H3,(H2,25,26,27). The minimum atomic E-state index is -0.338. The SMILES string of the molecule is CN=C(NCc1ccc(OC)c(OC)c1)NC(C)c1ccc(OCC2CC2)c(F)c1. The van der Waals surface area contributed by atoms with E-state index in [0.717, 1.165) is 11.1 Å². The molecule has 0 saturated heterocycles. The van der Waals surface area contributed by atoms with Gasteiger partial charge < -0.3 is 24.8 Å². The Kier molecular flexibility index (Phi) is 7.38. The molecule has 0 radical (unpaired) electrons. The van der Waals surface area contributed by atoms with Crippen molar-refractivity contribution in [1.82, 2.24) is 10.6 Å². The molecule has 0 heterocycles. The van der Waals surface area contributed by atoms with Crippen LogP contribution in [0, 0.1) is 11.7 Å². The summed E-state index contributed by atoms with van der Waals surface area (Å²) in [5.41, 5.74) is 1.84. The first-order valence-electron chi connectivity index (χ1n) is 10.1. The van der Waals surface area contributed by atoms with Crippen molar-refractivity contribution in [3.05, 3.63) is 53.3 Å². The summed E-state index contributed by atoms with van der Waals surface area (Å²) < 4.78 is 30.6. The number of aliphatic imine (C=N–C) groups is 1. The fourth-order valence-electron chi connectivity index (χ4n) is 3.06. The number of guanidine groups is 1. The largest absolute Gasteiger partial charge is 0.493 e. The molecule has 162 valence electrons. The molecule has 1 saturated carbocycles. The summed E-state index contributed by atoms with van der Waals surface area (Å²) in [6.45, 7) is 3.11. The van der Waals surface area contributed by atoms with Crippen LogP contribution in [-0.4, -0.2) is 33.8 Å². The summed E-state index contributed by atoms with van der Waals surface area (Å²) in [5.74, 6) is 2.54. The number of nitrogens with one attached hydrogen (secondary N) is 2.